The van der Waals surface area contributed by atoms with Gasteiger partial charge in [-0.15, -0.1) is 0 Å². The van der Waals surface area contributed by atoms with Gasteiger partial charge in [0.05, 0.1) is 18.9 Å². The van der Waals surface area contributed by atoms with E-state index in [0.29, 0.717) is 11.3 Å². The highest BCUT2D eigenvalue weighted by molar-refractivity contribution is 7.24. The van der Waals surface area contributed by atoms with E-state index in [-0.39, 0.29) is 24.0 Å². The van der Waals surface area contributed by atoms with E-state index in [2.05, 4.69) is 24.0 Å². The van der Waals surface area contributed by atoms with Crippen LogP contribution in [0.4, 0.5) is 11.4 Å². The molecule has 1 aromatic heterocycles. The lowest BCUT2D eigenvalue weighted by atomic mass is 10.1. The number of hydrogen-bond acceptors (Lipinski definition) is 5. The van der Waals surface area contributed by atoms with Gasteiger partial charge in [-0.25, -0.2) is 9.78 Å². The van der Waals surface area contributed by atoms with Gasteiger partial charge in [0.15, 0.2) is 5.56 Å². The van der Waals surface area contributed by atoms with Gasteiger partial charge >= 0.3 is 5.97 Å². The molecule has 6 nitrogen and oxygen atoms in total. The molecule has 29 heavy (non-hydrogen) atoms. The molecule has 1 saturated heterocycles. The summed E-state index contributed by atoms with van der Waals surface area (Å²) >= 11 is 1.52. The van der Waals surface area contributed by atoms with E-state index in [1.165, 1.54) is 11.3 Å². The smallest absolute Gasteiger partial charge is 0.343 e. The number of carboxylic acid groups (broad SMARTS) is 1. The Morgan fingerprint density at radius 3 is 2.41 bits per heavy atom. The Balaban J connectivity index is 0.00000240. The van der Waals surface area contributed by atoms with Crippen LogP contribution in [0.25, 0.3) is 20.4 Å². The molecule has 154 valence electrons. The number of rotatable bonds is 3. The molecule has 1 aliphatic rings. The molecule has 8 heteroatoms. The number of halogens is 1. The first-order chi connectivity index (χ1) is 13.4. The van der Waals surface area contributed by atoms with Gasteiger partial charge in [-0.2, -0.15) is 0 Å². The summed E-state index contributed by atoms with van der Waals surface area (Å²) in [5.74, 6) is -0.924. The maximum Gasteiger partial charge on any atom is 0.343 e. The first kappa shape index (κ1) is 21.9. The fourth-order valence-corrected chi connectivity index (χ4v) is 5.03. The minimum absolute atomic E-state index is 0. The summed E-state index contributed by atoms with van der Waals surface area (Å²) in [7, 11) is 3.74. The van der Waals surface area contributed by atoms with Gasteiger partial charge < -0.3 is 43.6 Å². The third-order valence-corrected chi connectivity index (χ3v) is 6.32. The Kier molecular flexibility index (Phi) is 6.45. The number of anilines is 2. The number of benzene rings is 2. The van der Waals surface area contributed by atoms with Crippen molar-refractivity contribution in [2.45, 2.75) is 13.8 Å². The van der Waals surface area contributed by atoms with Crippen LogP contribution in [0.3, 0.4) is 0 Å². The van der Waals surface area contributed by atoms with E-state index >= 15 is 0 Å². The summed E-state index contributed by atoms with van der Waals surface area (Å²) in [6.07, 6.45) is 0. The summed E-state index contributed by atoms with van der Waals surface area (Å²) in [6.45, 7) is 7.24. The third-order valence-electron chi connectivity index (χ3n) is 5.18. The number of nitrogens with zero attached hydrogens (tertiary/aromatic N) is 3. The summed E-state index contributed by atoms with van der Waals surface area (Å²) in [5.41, 5.74) is 5.95. The van der Waals surface area contributed by atoms with Gasteiger partial charge in [-0.05, 0) is 37.1 Å². The van der Waals surface area contributed by atoms with E-state index in [4.69, 9.17) is 9.72 Å². The Hall–Kier alpha value is -1.78. The highest BCUT2D eigenvalue weighted by Crippen LogP contribution is 2.38. The van der Waals surface area contributed by atoms with Crippen molar-refractivity contribution in [1.82, 2.24) is 4.98 Å². The fourth-order valence-electron chi connectivity index (χ4n) is 3.73. The van der Waals surface area contributed by atoms with Crippen molar-refractivity contribution < 1.29 is 38.6 Å². The summed E-state index contributed by atoms with van der Waals surface area (Å²) in [4.78, 5) is 21.2. The fraction of sp³-hybridized carbons (Fsp3) is 0.381. The molecule has 3 aromatic rings. The quantitative estimate of drug-likeness (QED) is 0.312. The molecule has 2 aromatic carbocycles. The molecule has 4 rings (SSSR count). The second kappa shape index (κ2) is 8.53. The van der Waals surface area contributed by atoms with Crippen LogP contribution in [0, 0.1) is 13.8 Å². The second-order valence-corrected chi connectivity index (χ2v) is 8.44. The van der Waals surface area contributed by atoms with Crippen LogP contribution in [0.1, 0.15) is 21.5 Å². The van der Waals surface area contributed by atoms with Gasteiger partial charge in [-0.3, -0.25) is 0 Å². The van der Waals surface area contributed by atoms with Crippen LogP contribution in [-0.2, 0) is 4.74 Å². The van der Waals surface area contributed by atoms with Crippen molar-refractivity contribution in [3.63, 3.8) is 0 Å². The number of carbonyl (C=O) groups is 1. The molecule has 1 fully saturated rings. The number of fused-ring (bicyclic) bond motifs is 2. The lowest BCUT2D eigenvalue weighted by Crippen LogP contribution is -3.00. The van der Waals surface area contributed by atoms with E-state index in [1.807, 2.05) is 32.0 Å². The van der Waals surface area contributed by atoms with E-state index < -0.39 is 5.97 Å². The molecule has 2 heterocycles. The first-order valence-electron chi connectivity index (χ1n) is 9.32. The van der Waals surface area contributed by atoms with Gasteiger partial charge in [0.2, 0.25) is 11.3 Å². The molecule has 0 aliphatic carbocycles. The van der Waals surface area contributed by atoms with Crippen molar-refractivity contribution in [3.8, 4) is 0 Å². The van der Waals surface area contributed by atoms with Crippen LogP contribution in [0.15, 0.2) is 18.2 Å². The normalized spacial score (nSPS) is 14.1. The molecule has 0 bridgehead atoms. The molecule has 0 radical (unpaired) electrons. The summed E-state index contributed by atoms with van der Waals surface area (Å²) < 4.78 is 7.20. The number of morpholine rings is 1. The number of carboxylic acids is 1. The van der Waals surface area contributed by atoms with E-state index in [9.17, 15) is 9.90 Å². The zero-order valence-electron chi connectivity index (χ0n) is 17.0. The predicted octanol–water partition coefficient (Wildman–Crippen LogP) is 0.952. The lowest BCUT2D eigenvalue weighted by Gasteiger charge is -2.28. The number of aromatic carboxylic acids is 1. The molecule has 1 N–H and O–H groups in total. The maximum absolute atomic E-state index is 12.1. The van der Waals surface area contributed by atoms with Crippen LogP contribution in [-0.4, -0.2) is 56.5 Å². The summed E-state index contributed by atoms with van der Waals surface area (Å²) in [5, 5.41) is 9.92. The first-order valence-corrected chi connectivity index (χ1v) is 10.1. The number of aromatic nitrogens is 1. The average molecular weight is 525 g/mol. The van der Waals surface area contributed by atoms with Crippen LogP contribution in [0.5, 0.6) is 0 Å². The topological polar surface area (TPSA) is 65.9 Å². The number of hydrogen-bond donors (Lipinski definition) is 1. The Bertz CT molecular complexity index is 1100. The zero-order valence-corrected chi connectivity index (χ0v) is 19.9. The van der Waals surface area contributed by atoms with Crippen LogP contribution in [0.2, 0.25) is 0 Å². The molecule has 0 unspecified atom stereocenters. The van der Waals surface area contributed by atoms with E-state index in [1.54, 1.807) is 0 Å². The Morgan fingerprint density at radius 1 is 1.14 bits per heavy atom. The van der Waals surface area contributed by atoms with Crippen molar-refractivity contribution in [1.29, 1.82) is 0 Å². The summed E-state index contributed by atoms with van der Waals surface area (Å²) in [6, 6.07) is 6.21. The molecular formula is C21H24IN3O3S. The largest absolute Gasteiger partial charge is 1.00 e. The number of ether oxygens (including phenoxy) is 1. The van der Waals surface area contributed by atoms with Crippen LogP contribution < -0.4 is 33.8 Å². The van der Waals surface area contributed by atoms with E-state index in [0.717, 1.165) is 63.6 Å². The van der Waals surface area contributed by atoms with Gasteiger partial charge in [0, 0.05) is 38.9 Å². The molecule has 0 amide bonds. The van der Waals surface area contributed by atoms with Crippen molar-refractivity contribution >= 4 is 49.1 Å². The van der Waals surface area contributed by atoms with Crippen molar-refractivity contribution in [3.05, 3.63) is 34.9 Å². The highest BCUT2D eigenvalue weighted by atomic mass is 127. The lowest BCUT2D eigenvalue weighted by molar-refractivity contribution is -0.0000220. The molecule has 0 saturated carbocycles. The van der Waals surface area contributed by atoms with Crippen molar-refractivity contribution in [2.75, 3.05) is 50.2 Å². The predicted molar refractivity (Wildman–Crippen MR) is 115 cm³/mol. The van der Waals surface area contributed by atoms with Crippen molar-refractivity contribution in [2.24, 2.45) is 0 Å². The molecular weight excluding hydrogens is 501 g/mol. The third kappa shape index (κ3) is 3.97. The minimum atomic E-state index is -0.924. The highest BCUT2D eigenvalue weighted by Gasteiger charge is 2.28. The maximum atomic E-state index is 12.1. The molecule has 1 aliphatic heterocycles. The number of aryl methyl sites for hydroxylation is 2. The monoisotopic (exact) mass is 525 g/mol. The standard InChI is InChI=1S/C21H23N3O3S.HI/c1-12-9-14(24-5-7-27-8-6-24)11-16-18(12)22-19-13(2)10-15(23(3)4)17(21(25)26)20(19)28-16;/h9-11H,5-8H2,1-4H3;1H. The van der Waals surface area contributed by atoms with Gasteiger partial charge in [-0.1, -0.05) is 0 Å². The molecule has 0 atom stereocenters. The Morgan fingerprint density at radius 2 is 1.79 bits per heavy atom. The minimum Gasteiger partial charge on any atom is -1.00 e. The molecule has 0 spiro atoms. The Labute approximate surface area is 191 Å². The zero-order chi connectivity index (χ0) is 20.0. The second-order valence-electron chi connectivity index (χ2n) is 7.39. The van der Waals surface area contributed by atoms with Gasteiger partial charge in [0.1, 0.15) is 11.0 Å². The average Bonchev–Trinajstić information content (AvgIpc) is 2.67. The SMILES string of the molecule is Cc1cc(N2CCOCC2)cc2[s+]c3c(C(=O)O)c(N(C)C)cc(C)c3nc12.[I-]. The van der Waals surface area contributed by atoms with Gasteiger partial charge in [0.25, 0.3) is 9.40 Å². The van der Waals surface area contributed by atoms with Crippen LogP contribution >= 0.6 is 11.3 Å².